The van der Waals surface area contributed by atoms with Crippen LogP contribution >= 0.6 is 0 Å². The van der Waals surface area contributed by atoms with Crippen LogP contribution in [-0.4, -0.2) is 18.7 Å². The molecule has 0 aliphatic carbocycles. The molecule has 0 aliphatic heterocycles. The summed E-state index contributed by atoms with van der Waals surface area (Å²) in [6.45, 7) is 2.49. The molecule has 22 heavy (non-hydrogen) atoms. The zero-order valence-electron chi connectivity index (χ0n) is 12.1. The standard InChI is InChI=1S/C17H15N3O2/c1-2-22-16-9-7-15(8-10-16)17(21)20-19-12-14-5-3-13(11-18)4-6-14/h3-10,12H,2H2,1H3,(H,20,21)/b19-12-. The molecule has 0 radical (unpaired) electrons. The highest BCUT2D eigenvalue weighted by Crippen LogP contribution is 2.11. The number of carbonyl (C=O) groups is 1. The van der Waals surface area contributed by atoms with Gasteiger partial charge in [0.25, 0.3) is 5.91 Å². The summed E-state index contributed by atoms with van der Waals surface area (Å²) in [5.74, 6) is 0.424. The molecule has 5 nitrogen and oxygen atoms in total. The number of rotatable bonds is 5. The van der Waals surface area contributed by atoms with E-state index in [-0.39, 0.29) is 5.91 Å². The van der Waals surface area contributed by atoms with Crippen LogP contribution in [0.1, 0.15) is 28.4 Å². The molecule has 0 unspecified atom stereocenters. The zero-order valence-corrected chi connectivity index (χ0v) is 12.1. The molecule has 0 fully saturated rings. The molecule has 0 atom stereocenters. The van der Waals surface area contributed by atoms with Crippen LogP contribution in [0.4, 0.5) is 0 Å². The number of carbonyl (C=O) groups excluding carboxylic acids is 1. The average molecular weight is 293 g/mol. The highest BCUT2D eigenvalue weighted by Gasteiger charge is 2.03. The fraction of sp³-hybridized carbons (Fsp3) is 0.118. The summed E-state index contributed by atoms with van der Waals surface area (Å²) >= 11 is 0. The third kappa shape index (κ3) is 4.18. The molecule has 2 aromatic carbocycles. The van der Waals surface area contributed by atoms with Gasteiger partial charge in [-0.2, -0.15) is 10.4 Å². The van der Waals surface area contributed by atoms with E-state index in [1.54, 1.807) is 48.5 Å². The maximum Gasteiger partial charge on any atom is 0.271 e. The largest absolute Gasteiger partial charge is 0.494 e. The minimum Gasteiger partial charge on any atom is -0.494 e. The van der Waals surface area contributed by atoms with E-state index in [1.807, 2.05) is 13.0 Å². The van der Waals surface area contributed by atoms with Crippen molar-refractivity contribution in [2.45, 2.75) is 6.92 Å². The van der Waals surface area contributed by atoms with Crippen molar-refractivity contribution >= 4 is 12.1 Å². The molecular weight excluding hydrogens is 278 g/mol. The summed E-state index contributed by atoms with van der Waals surface area (Å²) in [6, 6.07) is 15.8. The third-order valence-corrected chi connectivity index (χ3v) is 2.85. The molecule has 1 N–H and O–H groups in total. The van der Waals surface area contributed by atoms with Crippen LogP contribution < -0.4 is 10.2 Å². The molecule has 0 spiro atoms. The van der Waals surface area contributed by atoms with Crippen LogP contribution in [0.15, 0.2) is 53.6 Å². The van der Waals surface area contributed by atoms with E-state index in [0.29, 0.717) is 17.7 Å². The quantitative estimate of drug-likeness (QED) is 0.680. The van der Waals surface area contributed by atoms with Crippen LogP contribution in [-0.2, 0) is 0 Å². The Hall–Kier alpha value is -3.13. The molecule has 0 bridgehead atoms. The summed E-state index contributed by atoms with van der Waals surface area (Å²) in [5, 5.41) is 12.6. The van der Waals surface area contributed by atoms with E-state index in [0.717, 1.165) is 11.3 Å². The van der Waals surface area contributed by atoms with Crippen molar-refractivity contribution in [3.8, 4) is 11.8 Å². The number of nitrogens with zero attached hydrogens (tertiary/aromatic N) is 2. The van der Waals surface area contributed by atoms with Gasteiger partial charge >= 0.3 is 0 Å². The first kappa shape index (κ1) is 15.3. The van der Waals surface area contributed by atoms with Crippen LogP contribution in [0, 0.1) is 11.3 Å². The normalized spacial score (nSPS) is 10.2. The monoisotopic (exact) mass is 293 g/mol. The molecular formula is C17H15N3O2. The second-order valence-electron chi connectivity index (χ2n) is 4.39. The topological polar surface area (TPSA) is 74.5 Å². The lowest BCUT2D eigenvalue weighted by atomic mass is 10.2. The smallest absolute Gasteiger partial charge is 0.271 e. The third-order valence-electron chi connectivity index (χ3n) is 2.85. The Balaban J connectivity index is 1.93. The molecule has 0 heterocycles. The second kappa shape index (κ2) is 7.60. The molecule has 2 rings (SSSR count). The van der Waals surface area contributed by atoms with Crippen molar-refractivity contribution in [2.75, 3.05) is 6.61 Å². The fourth-order valence-corrected chi connectivity index (χ4v) is 1.74. The van der Waals surface area contributed by atoms with E-state index in [2.05, 4.69) is 10.5 Å². The first-order valence-corrected chi connectivity index (χ1v) is 6.79. The van der Waals surface area contributed by atoms with Crippen LogP contribution in [0.2, 0.25) is 0 Å². The lowest BCUT2D eigenvalue weighted by Crippen LogP contribution is -2.17. The van der Waals surface area contributed by atoms with Gasteiger partial charge in [0.05, 0.1) is 24.5 Å². The van der Waals surface area contributed by atoms with Gasteiger partial charge in [-0.1, -0.05) is 12.1 Å². The van der Waals surface area contributed by atoms with Gasteiger partial charge in [0.2, 0.25) is 0 Å². The Bertz CT molecular complexity index is 698. The van der Waals surface area contributed by atoms with Crippen molar-refractivity contribution in [3.05, 3.63) is 65.2 Å². The van der Waals surface area contributed by atoms with Crippen LogP contribution in [0.25, 0.3) is 0 Å². The molecule has 0 saturated carbocycles. The lowest BCUT2D eigenvalue weighted by Gasteiger charge is -2.04. The van der Waals surface area contributed by atoms with E-state index in [1.165, 1.54) is 6.21 Å². The van der Waals surface area contributed by atoms with Crippen LogP contribution in [0.3, 0.4) is 0 Å². The van der Waals surface area contributed by atoms with Crippen LogP contribution in [0.5, 0.6) is 5.75 Å². The van der Waals surface area contributed by atoms with E-state index in [4.69, 9.17) is 10.00 Å². The van der Waals surface area contributed by atoms with Crippen molar-refractivity contribution in [3.63, 3.8) is 0 Å². The van der Waals surface area contributed by atoms with Gasteiger partial charge in [-0.05, 0) is 48.9 Å². The Labute approximate surface area is 128 Å². The van der Waals surface area contributed by atoms with E-state index in [9.17, 15) is 4.79 Å². The number of hydrogen-bond donors (Lipinski definition) is 1. The van der Waals surface area contributed by atoms with Gasteiger partial charge < -0.3 is 4.74 Å². The Morgan fingerprint density at radius 1 is 1.23 bits per heavy atom. The SMILES string of the molecule is CCOc1ccc(C(=O)N/N=C\c2ccc(C#N)cc2)cc1. The van der Waals surface area contributed by atoms with Crippen molar-refractivity contribution in [2.24, 2.45) is 5.10 Å². The molecule has 1 amide bonds. The van der Waals surface area contributed by atoms with Gasteiger partial charge in [0.15, 0.2) is 0 Å². The maximum absolute atomic E-state index is 11.9. The number of benzene rings is 2. The Morgan fingerprint density at radius 2 is 1.91 bits per heavy atom. The number of nitriles is 1. The first-order valence-electron chi connectivity index (χ1n) is 6.79. The van der Waals surface area contributed by atoms with Crippen molar-refractivity contribution in [1.29, 1.82) is 5.26 Å². The number of amides is 1. The molecule has 5 heteroatoms. The Morgan fingerprint density at radius 3 is 2.50 bits per heavy atom. The predicted octanol–water partition coefficient (Wildman–Crippen LogP) is 2.72. The van der Waals surface area contributed by atoms with Gasteiger partial charge in [0.1, 0.15) is 5.75 Å². The van der Waals surface area contributed by atoms with Crippen molar-refractivity contribution < 1.29 is 9.53 Å². The zero-order chi connectivity index (χ0) is 15.8. The molecule has 2 aromatic rings. The summed E-state index contributed by atoms with van der Waals surface area (Å²) in [4.78, 5) is 11.9. The fourth-order valence-electron chi connectivity index (χ4n) is 1.74. The average Bonchev–Trinajstić information content (AvgIpc) is 2.56. The number of ether oxygens (including phenoxy) is 1. The second-order valence-corrected chi connectivity index (χ2v) is 4.39. The van der Waals surface area contributed by atoms with Gasteiger partial charge in [-0.15, -0.1) is 0 Å². The maximum atomic E-state index is 11.9. The molecule has 0 aromatic heterocycles. The number of hydrogen-bond acceptors (Lipinski definition) is 4. The van der Waals surface area contributed by atoms with Crippen molar-refractivity contribution in [1.82, 2.24) is 5.43 Å². The molecule has 0 saturated heterocycles. The molecule has 110 valence electrons. The van der Waals surface area contributed by atoms with E-state index < -0.39 is 0 Å². The molecule has 0 aliphatic rings. The predicted molar refractivity (Wildman–Crippen MR) is 83.8 cm³/mol. The first-order chi connectivity index (χ1) is 10.7. The summed E-state index contributed by atoms with van der Waals surface area (Å²) in [7, 11) is 0. The summed E-state index contributed by atoms with van der Waals surface area (Å²) in [6.07, 6.45) is 1.52. The van der Waals surface area contributed by atoms with Gasteiger partial charge in [-0.3, -0.25) is 4.79 Å². The summed E-state index contributed by atoms with van der Waals surface area (Å²) < 4.78 is 5.31. The van der Waals surface area contributed by atoms with Gasteiger partial charge in [-0.25, -0.2) is 5.43 Å². The van der Waals surface area contributed by atoms with E-state index >= 15 is 0 Å². The minimum absolute atomic E-state index is 0.298. The highest BCUT2D eigenvalue weighted by molar-refractivity contribution is 5.95. The summed E-state index contributed by atoms with van der Waals surface area (Å²) in [5.41, 5.74) is 4.33. The number of hydrazone groups is 1. The highest BCUT2D eigenvalue weighted by atomic mass is 16.5. The lowest BCUT2D eigenvalue weighted by molar-refractivity contribution is 0.0955. The van der Waals surface area contributed by atoms with Gasteiger partial charge in [0, 0.05) is 5.56 Å². The minimum atomic E-state index is -0.298. The Kier molecular flexibility index (Phi) is 5.27. The number of nitrogens with one attached hydrogen (secondary N) is 1.